The Morgan fingerprint density at radius 2 is 1.95 bits per heavy atom. The molecular formula is C16H21BrFNO. The summed E-state index contributed by atoms with van der Waals surface area (Å²) in [6.45, 7) is 4.19. The topological polar surface area (TPSA) is 20.3 Å². The van der Waals surface area contributed by atoms with Gasteiger partial charge in [-0.05, 0) is 51.2 Å². The van der Waals surface area contributed by atoms with Gasteiger partial charge in [0, 0.05) is 12.1 Å². The van der Waals surface area contributed by atoms with Crippen molar-refractivity contribution in [3.63, 3.8) is 0 Å². The molecule has 110 valence electrons. The lowest BCUT2D eigenvalue weighted by atomic mass is 9.96. The number of hydrogen-bond acceptors (Lipinski definition) is 1. The molecule has 2 rings (SSSR count). The van der Waals surface area contributed by atoms with E-state index in [1.165, 1.54) is 12.5 Å². The summed E-state index contributed by atoms with van der Waals surface area (Å²) in [4.78, 5) is 14.2. The number of likely N-dealkylation sites (tertiary alicyclic amines) is 1. The Balaban J connectivity index is 2.06. The standard InChI is InChI=1S/C16H21BrFNO/c1-11-6-5-7-12(2)19(11)16(20)14(17)10-13-8-3-4-9-15(13)18/h3-4,8-9,11-12,14H,5-7,10H2,1-2H3. The van der Waals surface area contributed by atoms with Crippen molar-refractivity contribution in [1.29, 1.82) is 0 Å². The molecule has 0 aliphatic carbocycles. The summed E-state index contributed by atoms with van der Waals surface area (Å²) in [6.07, 6.45) is 3.67. The average Bonchev–Trinajstić information content (AvgIpc) is 2.41. The van der Waals surface area contributed by atoms with Gasteiger partial charge in [0.2, 0.25) is 5.91 Å². The molecule has 20 heavy (non-hydrogen) atoms. The quantitative estimate of drug-likeness (QED) is 0.763. The summed E-state index contributed by atoms with van der Waals surface area (Å²) in [6, 6.07) is 7.18. The van der Waals surface area contributed by atoms with E-state index in [-0.39, 0.29) is 28.6 Å². The molecule has 0 N–H and O–H groups in total. The minimum atomic E-state index is -0.359. The van der Waals surface area contributed by atoms with Crippen molar-refractivity contribution in [2.45, 2.75) is 56.4 Å². The molecule has 1 aromatic rings. The van der Waals surface area contributed by atoms with E-state index in [9.17, 15) is 9.18 Å². The van der Waals surface area contributed by atoms with Gasteiger partial charge < -0.3 is 4.90 Å². The Morgan fingerprint density at radius 3 is 2.55 bits per heavy atom. The second-order valence-electron chi connectivity index (χ2n) is 5.64. The molecule has 0 saturated carbocycles. The zero-order valence-electron chi connectivity index (χ0n) is 12.0. The van der Waals surface area contributed by atoms with Crippen molar-refractivity contribution in [3.8, 4) is 0 Å². The van der Waals surface area contributed by atoms with Gasteiger partial charge in [0.15, 0.2) is 0 Å². The largest absolute Gasteiger partial charge is 0.336 e. The van der Waals surface area contributed by atoms with E-state index in [0.29, 0.717) is 12.0 Å². The Hall–Kier alpha value is -0.900. The fourth-order valence-electron chi connectivity index (χ4n) is 2.96. The van der Waals surface area contributed by atoms with E-state index in [0.717, 1.165) is 12.8 Å². The molecule has 0 bridgehead atoms. The Kier molecular flexibility index (Phi) is 5.19. The first kappa shape index (κ1) is 15.5. The minimum Gasteiger partial charge on any atom is -0.336 e. The molecule has 1 aliphatic rings. The van der Waals surface area contributed by atoms with E-state index in [2.05, 4.69) is 29.8 Å². The number of benzene rings is 1. The second-order valence-corrected chi connectivity index (χ2v) is 6.74. The molecule has 1 heterocycles. The van der Waals surface area contributed by atoms with Crippen molar-refractivity contribution in [2.24, 2.45) is 0 Å². The van der Waals surface area contributed by atoms with Crippen LogP contribution >= 0.6 is 15.9 Å². The van der Waals surface area contributed by atoms with Gasteiger partial charge in [-0.3, -0.25) is 4.79 Å². The fourth-order valence-corrected chi connectivity index (χ4v) is 3.55. The molecule has 1 amide bonds. The average molecular weight is 342 g/mol. The van der Waals surface area contributed by atoms with Gasteiger partial charge in [-0.2, -0.15) is 0 Å². The van der Waals surface area contributed by atoms with Crippen LogP contribution in [0.2, 0.25) is 0 Å². The van der Waals surface area contributed by atoms with Crippen LogP contribution in [0.4, 0.5) is 4.39 Å². The van der Waals surface area contributed by atoms with E-state index in [1.54, 1.807) is 18.2 Å². The Bertz CT molecular complexity index is 469. The van der Waals surface area contributed by atoms with Crippen molar-refractivity contribution in [2.75, 3.05) is 0 Å². The number of amides is 1. The molecular weight excluding hydrogens is 321 g/mol. The molecule has 1 aliphatic heterocycles. The van der Waals surface area contributed by atoms with Gasteiger partial charge in [0.25, 0.3) is 0 Å². The number of carbonyl (C=O) groups is 1. The van der Waals surface area contributed by atoms with Crippen LogP contribution in [0.15, 0.2) is 24.3 Å². The third-order valence-corrected chi connectivity index (χ3v) is 4.79. The van der Waals surface area contributed by atoms with E-state index in [4.69, 9.17) is 0 Å². The third-order valence-electron chi connectivity index (χ3n) is 4.07. The van der Waals surface area contributed by atoms with Crippen LogP contribution in [0.25, 0.3) is 0 Å². The summed E-state index contributed by atoms with van der Waals surface area (Å²) in [5, 5.41) is 0. The van der Waals surface area contributed by atoms with Gasteiger partial charge in [-0.1, -0.05) is 34.1 Å². The number of nitrogens with zero attached hydrogens (tertiary/aromatic N) is 1. The van der Waals surface area contributed by atoms with Crippen LogP contribution in [0, 0.1) is 5.82 Å². The summed E-state index contributed by atoms with van der Waals surface area (Å²) in [5.74, 6) is -0.169. The van der Waals surface area contributed by atoms with Crippen molar-refractivity contribution >= 4 is 21.8 Å². The van der Waals surface area contributed by atoms with Crippen LogP contribution in [0.5, 0.6) is 0 Å². The maximum Gasteiger partial charge on any atom is 0.237 e. The summed E-state index contributed by atoms with van der Waals surface area (Å²) in [5.41, 5.74) is 0.583. The molecule has 1 aromatic carbocycles. The number of piperidine rings is 1. The van der Waals surface area contributed by atoms with E-state index < -0.39 is 0 Å². The van der Waals surface area contributed by atoms with Gasteiger partial charge >= 0.3 is 0 Å². The predicted molar refractivity (Wildman–Crippen MR) is 82.4 cm³/mol. The lowest BCUT2D eigenvalue weighted by Gasteiger charge is -2.40. The van der Waals surface area contributed by atoms with Crippen LogP contribution in [0.3, 0.4) is 0 Å². The van der Waals surface area contributed by atoms with Gasteiger partial charge in [0.05, 0.1) is 4.83 Å². The molecule has 0 radical (unpaired) electrons. The number of rotatable bonds is 3. The minimum absolute atomic E-state index is 0.0768. The zero-order chi connectivity index (χ0) is 14.7. The number of hydrogen-bond donors (Lipinski definition) is 0. The first-order valence-corrected chi connectivity index (χ1v) is 8.12. The number of carbonyl (C=O) groups excluding carboxylic acids is 1. The van der Waals surface area contributed by atoms with Crippen LogP contribution in [-0.2, 0) is 11.2 Å². The fraction of sp³-hybridized carbons (Fsp3) is 0.562. The number of halogens is 2. The highest BCUT2D eigenvalue weighted by Crippen LogP contribution is 2.26. The summed E-state index contributed by atoms with van der Waals surface area (Å²) < 4.78 is 13.7. The highest BCUT2D eigenvalue weighted by Gasteiger charge is 2.32. The normalized spacial score (nSPS) is 24.5. The smallest absolute Gasteiger partial charge is 0.237 e. The van der Waals surface area contributed by atoms with Crippen LogP contribution in [0.1, 0.15) is 38.7 Å². The van der Waals surface area contributed by atoms with E-state index in [1.807, 2.05) is 4.90 Å². The zero-order valence-corrected chi connectivity index (χ0v) is 13.6. The Morgan fingerprint density at radius 1 is 1.35 bits per heavy atom. The molecule has 0 spiro atoms. The summed E-state index contributed by atoms with van der Waals surface area (Å²) >= 11 is 3.45. The maximum absolute atomic E-state index is 13.7. The lowest BCUT2D eigenvalue weighted by Crippen LogP contribution is -2.50. The predicted octanol–water partition coefficient (Wildman–Crippen LogP) is 3.92. The van der Waals surface area contributed by atoms with Gasteiger partial charge in [-0.15, -0.1) is 0 Å². The first-order chi connectivity index (χ1) is 9.50. The highest BCUT2D eigenvalue weighted by molar-refractivity contribution is 9.10. The number of alkyl halides is 1. The lowest BCUT2D eigenvalue weighted by molar-refractivity contribution is -0.136. The molecule has 0 aromatic heterocycles. The molecule has 2 nitrogen and oxygen atoms in total. The molecule has 1 fully saturated rings. The molecule has 1 saturated heterocycles. The van der Waals surface area contributed by atoms with Gasteiger partial charge in [0.1, 0.15) is 5.82 Å². The third kappa shape index (κ3) is 3.40. The van der Waals surface area contributed by atoms with Crippen LogP contribution in [-0.4, -0.2) is 27.7 Å². The van der Waals surface area contributed by atoms with Crippen molar-refractivity contribution in [3.05, 3.63) is 35.6 Å². The first-order valence-electron chi connectivity index (χ1n) is 7.20. The van der Waals surface area contributed by atoms with Crippen molar-refractivity contribution < 1.29 is 9.18 Å². The Labute approximate surface area is 128 Å². The SMILES string of the molecule is CC1CCCC(C)N1C(=O)C(Br)Cc1ccccc1F. The summed E-state index contributed by atoms with van der Waals surface area (Å²) in [7, 11) is 0. The molecule has 4 heteroatoms. The van der Waals surface area contributed by atoms with Crippen LogP contribution < -0.4 is 0 Å². The maximum atomic E-state index is 13.7. The molecule has 3 unspecified atom stereocenters. The monoisotopic (exact) mass is 341 g/mol. The van der Waals surface area contributed by atoms with Crippen molar-refractivity contribution in [1.82, 2.24) is 4.90 Å². The van der Waals surface area contributed by atoms with E-state index >= 15 is 0 Å². The highest BCUT2D eigenvalue weighted by atomic mass is 79.9. The second kappa shape index (κ2) is 6.70. The van der Waals surface area contributed by atoms with Gasteiger partial charge in [-0.25, -0.2) is 4.39 Å². The molecule has 3 atom stereocenters.